The van der Waals surface area contributed by atoms with Crippen LogP contribution in [-0.2, 0) is 6.61 Å². The van der Waals surface area contributed by atoms with Gasteiger partial charge in [0.2, 0.25) is 0 Å². The normalized spacial score (nSPS) is 10.4. The fourth-order valence-electron chi connectivity index (χ4n) is 1.78. The number of ether oxygens (including phenoxy) is 1. The van der Waals surface area contributed by atoms with Crippen molar-refractivity contribution in [3.8, 4) is 11.7 Å². The van der Waals surface area contributed by atoms with Crippen molar-refractivity contribution >= 4 is 0 Å². The average Bonchev–Trinajstić information content (AvgIpc) is 2.96. The van der Waals surface area contributed by atoms with Crippen LogP contribution in [0.1, 0.15) is 5.56 Å². The first-order valence-corrected chi connectivity index (χ1v) is 6.16. The van der Waals surface area contributed by atoms with Crippen molar-refractivity contribution in [1.29, 1.82) is 0 Å². The van der Waals surface area contributed by atoms with Gasteiger partial charge in [0.25, 0.3) is 0 Å². The van der Waals surface area contributed by atoms with E-state index < -0.39 is 0 Å². The van der Waals surface area contributed by atoms with E-state index in [1.165, 1.54) is 6.07 Å². The van der Waals surface area contributed by atoms with Crippen molar-refractivity contribution in [1.82, 2.24) is 14.8 Å². The molecule has 0 atom stereocenters. The van der Waals surface area contributed by atoms with Gasteiger partial charge < -0.3 is 4.74 Å². The number of rotatable bonds is 4. The number of aromatic nitrogens is 3. The van der Waals surface area contributed by atoms with Crippen LogP contribution in [0.2, 0.25) is 0 Å². The first-order valence-electron chi connectivity index (χ1n) is 6.16. The minimum atomic E-state index is -0.296. The van der Waals surface area contributed by atoms with Crippen molar-refractivity contribution in [3.63, 3.8) is 0 Å². The minimum absolute atomic E-state index is 0.103. The zero-order valence-electron chi connectivity index (χ0n) is 10.6. The molecule has 0 spiro atoms. The Morgan fingerprint density at radius 1 is 1.00 bits per heavy atom. The third kappa shape index (κ3) is 2.66. The molecule has 0 amide bonds. The van der Waals surface area contributed by atoms with Crippen LogP contribution in [0.15, 0.2) is 60.9 Å². The number of nitrogens with zero attached hydrogens (tertiary/aromatic N) is 3. The monoisotopic (exact) mass is 269 g/mol. The summed E-state index contributed by atoms with van der Waals surface area (Å²) in [5.41, 5.74) is 1.37. The molecule has 0 saturated heterocycles. The van der Waals surface area contributed by atoms with Crippen LogP contribution in [0.4, 0.5) is 4.39 Å². The molecule has 3 rings (SSSR count). The van der Waals surface area contributed by atoms with E-state index in [1.807, 2.05) is 30.3 Å². The lowest BCUT2D eigenvalue weighted by atomic mass is 10.2. The van der Waals surface area contributed by atoms with Gasteiger partial charge in [-0.05, 0) is 18.2 Å². The van der Waals surface area contributed by atoms with E-state index >= 15 is 0 Å². The van der Waals surface area contributed by atoms with Crippen LogP contribution < -0.4 is 4.74 Å². The third-order valence-corrected chi connectivity index (χ3v) is 2.81. The maximum Gasteiger partial charge on any atom is 0.336 e. The van der Waals surface area contributed by atoms with E-state index in [0.717, 1.165) is 5.69 Å². The lowest BCUT2D eigenvalue weighted by molar-refractivity contribution is 0.275. The smallest absolute Gasteiger partial charge is 0.336 e. The Hall–Kier alpha value is -2.69. The van der Waals surface area contributed by atoms with Crippen LogP contribution in [0, 0.1) is 5.82 Å². The van der Waals surface area contributed by atoms with Crippen molar-refractivity contribution in [2.45, 2.75) is 6.61 Å². The Morgan fingerprint density at radius 3 is 2.55 bits per heavy atom. The predicted octanol–water partition coefficient (Wildman–Crippen LogP) is 2.99. The molecule has 0 saturated carbocycles. The Labute approximate surface area is 115 Å². The van der Waals surface area contributed by atoms with E-state index in [0.29, 0.717) is 5.56 Å². The Bertz CT molecular complexity index is 697. The van der Waals surface area contributed by atoms with Crippen molar-refractivity contribution in [2.75, 3.05) is 0 Å². The highest BCUT2D eigenvalue weighted by molar-refractivity contribution is 5.29. The summed E-state index contributed by atoms with van der Waals surface area (Å²) in [4.78, 5) is 4.04. The van der Waals surface area contributed by atoms with Crippen LogP contribution in [-0.4, -0.2) is 14.8 Å². The third-order valence-electron chi connectivity index (χ3n) is 2.81. The summed E-state index contributed by atoms with van der Waals surface area (Å²) in [6, 6.07) is 16.3. The van der Waals surface area contributed by atoms with Gasteiger partial charge in [-0.1, -0.05) is 36.4 Å². The summed E-state index contributed by atoms with van der Waals surface area (Å²) < 4.78 is 20.4. The van der Waals surface area contributed by atoms with Gasteiger partial charge >= 0.3 is 6.01 Å². The molecule has 100 valence electrons. The van der Waals surface area contributed by atoms with Gasteiger partial charge in [0.1, 0.15) is 18.8 Å². The van der Waals surface area contributed by atoms with Crippen LogP contribution in [0.25, 0.3) is 5.69 Å². The summed E-state index contributed by atoms with van der Waals surface area (Å²) in [7, 11) is 0. The van der Waals surface area contributed by atoms with Crippen molar-refractivity contribution < 1.29 is 9.13 Å². The number of hydrogen-bond donors (Lipinski definition) is 0. The van der Waals surface area contributed by atoms with Gasteiger partial charge in [0.15, 0.2) is 0 Å². The predicted molar refractivity (Wildman–Crippen MR) is 72.1 cm³/mol. The molecule has 0 aliphatic rings. The van der Waals surface area contributed by atoms with E-state index in [-0.39, 0.29) is 18.4 Å². The lowest BCUT2D eigenvalue weighted by Gasteiger charge is -2.03. The SMILES string of the molecule is Fc1ccccc1COc1ncn(-c2ccccc2)n1. The highest BCUT2D eigenvalue weighted by atomic mass is 19.1. The second-order valence-corrected chi connectivity index (χ2v) is 4.19. The van der Waals surface area contributed by atoms with E-state index in [4.69, 9.17) is 4.74 Å². The summed E-state index contributed by atoms with van der Waals surface area (Å²) >= 11 is 0. The molecular weight excluding hydrogens is 257 g/mol. The Morgan fingerprint density at radius 2 is 1.75 bits per heavy atom. The quantitative estimate of drug-likeness (QED) is 0.731. The van der Waals surface area contributed by atoms with Gasteiger partial charge in [-0.15, -0.1) is 5.10 Å². The molecule has 5 heteroatoms. The van der Waals surface area contributed by atoms with Gasteiger partial charge in [-0.25, -0.2) is 9.07 Å². The largest absolute Gasteiger partial charge is 0.457 e. The van der Waals surface area contributed by atoms with E-state index in [1.54, 1.807) is 29.2 Å². The molecule has 4 nitrogen and oxygen atoms in total. The molecule has 3 aromatic rings. The fraction of sp³-hybridized carbons (Fsp3) is 0.0667. The highest BCUT2D eigenvalue weighted by Gasteiger charge is 2.06. The number of para-hydroxylation sites is 1. The van der Waals surface area contributed by atoms with Crippen LogP contribution in [0.3, 0.4) is 0 Å². The standard InChI is InChI=1S/C15H12FN3O/c16-14-9-5-4-6-12(14)10-20-15-17-11-19(18-15)13-7-2-1-3-8-13/h1-9,11H,10H2. The summed E-state index contributed by atoms with van der Waals surface area (Å²) in [5.74, 6) is -0.296. The molecule has 2 aromatic carbocycles. The van der Waals surface area contributed by atoms with Crippen molar-refractivity contribution in [3.05, 3.63) is 72.3 Å². The first-order chi connectivity index (χ1) is 9.83. The van der Waals surface area contributed by atoms with Gasteiger partial charge in [-0.3, -0.25) is 0 Å². The first kappa shape index (κ1) is 12.3. The Kier molecular flexibility index (Phi) is 3.41. The Balaban J connectivity index is 1.71. The molecule has 0 aliphatic carbocycles. The molecule has 0 bridgehead atoms. The van der Waals surface area contributed by atoms with Crippen molar-refractivity contribution in [2.24, 2.45) is 0 Å². The molecule has 0 fully saturated rings. The maximum atomic E-state index is 13.4. The second kappa shape index (κ2) is 5.52. The molecule has 0 unspecified atom stereocenters. The summed E-state index contributed by atoms with van der Waals surface area (Å²) in [5, 5.41) is 4.19. The maximum absolute atomic E-state index is 13.4. The summed E-state index contributed by atoms with van der Waals surface area (Å²) in [6.45, 7) is 0.103. The number of hydrogen-bond acceptors (Lipinski definition) is 3. The van der Waals surface area contributed by atoms with Gasteiger partial charge in [0.05, 0.1) is 5.69 Å². The fourth-order valence-corrected chi connectivity index (χ4v) is 1.78. The molecule has 0 aliphatic heterocycles. The number of benzene rings is 2. The molecule has 0 radical (unpaired) electrons. The van der Waals surface area contributed by atoms with Crippen LogP contribution in [0.5, 0.6) is 6.01 Å². The topological polar surface area (TPSA) is 39.9 Å². The molecule has 20 heavy (non-hydrogen) atoms. The van der Waals surface area contributed by atoms with E-state index in [2.05, 4.69) is 10.1 Å². The average molecular weight is 269 g/mol. The minimum Gasteiger partial charge on any atom is -0.457 e. The zero-order chi connectivity index (χ0) is 13.8. The second-order valence-electron chi connectivity index (χ2n) is 4.19. The zero-order valence-corrected chi connectivity index (χ0v) is 10.6. The van der Waals surface area contributed by atoms with Gasteiger partial charge in [0, 0.05) is 5.56 Å². The highest BCUT2D eigenvalue weighted by Crippen LogP contribution is 2.12. The molecule has 1 aromatic heterocycles. The van der Waals surface area contributed by atoms with E-state index in [9.17, 15) is 4.39 Å². The van der Waals surface area contributed by atoms with Crippen LogP contribution >= 0.6 is 0 Å². The lowest BCUT2D eigenvalue weighted by Crippen LogP contribution is -2.00. The molecule has 0 N–H and O–H groups in total. The molecule has 1 heterocycles. The summed E-state index contributed by atoms with van der Waals surface area (Å²) in [6.07, 6.45) is 1.56. The number of halogens is 1. The van der Waals surface area contributed by atoms with Gasteiger partial charge in [-0.2, -0.15) is 4.98 Å². The molecular formula is C15H12FN3O.